The maximum Gasteiger partial charge on any atom is 0.0731 e. The monoisotopic (exact) mass is 183 g/mol. The first-order valence-electron chi connectivity index (χ1n) is 5.76. The quantitative estimate of drug-likeness (QED) is 0.719. The maximum atomic E-state index is 6.05. The molecule has 0 aromatic heterocycles. The lowest BCUT2D eigenvalue weighted by Gasteiger charge is -2.31. The molecule has 1 N–H and O–H groups in total. The van der Waals surface area contributed by atoms with Crippen molar-refractivity contribution >= 4 is 0 Å². The van der Waals surface area contributed by atoms with Gasteiger partial charge in [-0.2, -0.15) is 0 Å². The van der Waals surface area contributed by atoms with Crippen LogP contribution >= 0.6 is 0 Å². The van der Waals surface area contributed by atoms with Gasteiger partial charge in [0, 0.05) is 13.1 Å². The fraction of sp³-hybridized carbons (Fsp3) is 1.00. The zero-order valence-corrected chi connectivity index (χ0v) is 8.59. The Morgan fingerprint density at radius 2 is 2.15 bits per heavy atom. The predicted octanol–water partition coefficient (Wildman–Crippen LogP) is 1.94. The minimum atomic E-state index is 0.499. The van der Waals surface area contributed by atoms with Gasteiger partial charge in [0.05, 0.1) is 12.2 Å². The summed E-state index contributed by atoms with van der Waals surface area (Å²) < 4.78 is 6.05. The molecule has 1 heterocycles. The van der Waals surface area contributed by atoms with E-state index in [1.54, 1.807) is 0 Å². The predicted molar refractivity (Wildman–Crippen MR) is 53.8 cm³/mol. The van der Waals surface area contributed by atoms with E-state index >= 15 is 0 Å². The summed E-state index contributed by atoms with van der Waals surface area (Å²) in [5.74, 6) is 0.886. The Labute approximate surface area is 81.0 Å². The summed E-state index contributed by atoms with van der Waals surface area (Å²) >= 11 is 0. The van der Waals surface area contributed by atoms with Crippen molar-refractivity contribution in [2.24, 2.45) is 5.92 Å². The van der Waals surface area contributed by atoms with Crippen LogP contribution in [-0.2, 0) is 4.74 Å². The first-order chi connectivity index (χ1) is 6.40. The molecule has 2 rings (SSSR count). The van der Waals surface area contributed by atoms with Crippen molar-refractivity contribution in [1.82, 2.24) is 5.32 Å². The standard InChI is InChI=1S/C11H21NO/c1-2-3-4-10-7-12-8-11(13-10)9-5-6-9/h9-12H,2-8H2,1H3/t10-,11-/m1/s1. The van der Waals surface area contributed by atoms with Gasteiger partial charge < -0.3 is 10.1 Å². The molecule has 2 atom stereocenters. The largest absolute Gasteiger partial charge is 0.372 e. The van der Waals surface area contributed by atoms with Gasteiger partial charge in [0.15, 0.2) is 0 Å². The number of ether oxygens (including phenoxy) is 1. The Morgan fingerprint density at radius 3 is 2.85 bits per heavy atom. The van der Waals surface area contributed by atoms with E-state index < -0.39 is 0 Å². The van der Waals surface area contributed by atoms with E-state index in [0.29, 0.717) is 12.2 Å². The smallest absolute Gasteiger partial charge is 0.0731 e. The Bertz CT molecular complexity index is 156. The summed E-state index contributed by atoms with van der Waals surface area (Å²) in [5.41, 5.74) is 0. The molecule has 0 radical (unpaired) electrons. The molecule has 2 aliphatic rings. The lowest BCUT2D eigenvalue weighted by Crippen LogP contribution is -2.45. The molecule has 0 aromatic carbocycles. The van der Waals surface area contributed by atoms with Gasteiger partial charge in [-0.3, -0.25) is 0 Å². The second kappa shape index (κ2) is 4.43. The molecule has 2 nitrogen and oxygen atoms in total. The van der Waals surface area contributed by atoms with Gasteiger partial charge in [-0.05, 0) is 25.2 Å². The molecule has 2 heteroatoms. The number of nitrogens with one attached hydrogen (secondary N) is 1. The highest BCUT2D eigenvalue weighted by Gasteiger charge is 2.35. The van der Waals surface area contributed by atoms with Crippen molar-refractivity contribution < 1.29 is 4.74 Å². The lowest BCUT2D eigenvalue weighted by atomic mass is 10.1. The van der Waals surface area contributed by atoms with Crippen LogP contribution in [0.2, 0.25) is 0 Å². The van der Waals surface area contributed by atoms with Crippen molar-refractivity contribution in [3.8, 4) is 0 Å². The van der Waals surface area contributed by atoms with Crippen LogP contribution in [0.4, 0.5) is 0 Å². The molecule has 0 amide bonds. The van der Waals surface area contributed by atoms with Crippen LogP contribution in [0.3, 0.4) is 0 Å². The summed E-state index contributed by atoms with van der Waals surface area (Å²) in [7, 11) is 0. The third-order valence-corrected chi connectivity index (χ3v) is 3.11. The summed E-state index contributed by atoms with van der Waals surface area (Å²) in [6, 6.07) is 0. The van der Waals surface area contributed by atoms with Gasteiger partial charge in [-0.15, -0.1) is 0 Å². The third kappa shape index (κ3) is 2.68. The van der Waals surface area contributed by atoms with E-state index in [1.165, 1.54) is 32.1 Å². The van der Waals surface area contributed by atoms with Crippen molar-refractivity contribution in [3.05, 3.63) is 0 Å². The summed E-state index contributed by atoms with van der Waals surface area (Å²) in [5, 5.41) is 3.49. The van der Waals surface area contributed by atoms with Crippen LogP contribution in [-0.4, -0.2) is 25.3 Å². The molecule has 0 aromatic rings. The highest BCUT2D eigenvalue weighted by molar-refractivity contribution is 4.87. The fourth-order valence-corrected chi connectivity index (χ4v) is 2.08. The van der Waals surface area contributed by atoms with Gasteiger partial charge in [0.1, 0.15) is 0 Å². The topological polar surface area (TPSA) is 21.3 Å². The summed E-state index contributed by atoms with van der Waals surface area (Å²) in [4.78, 5) is 0. The number of unbranched alkanes of at least 4 members (excludes halogenated alkanes) is 1. The van der Waals surface area contributed by atoms with Gasteiger partial charge >= 0.3 is 0 Å². The van der Waals surface area contributed by atoms with Crippen molar-refractivity contribution in [1.29, 1.82) is 0 Å². The first kappa shape index (κ1) is 9.47. The van der Waals surface area contributed by atoms with Gasteiger partial charge in [-0.25, -0.2) is 0 Å². The molecule has 0 spiro atoms. The van der Waals surface area contributed by atoms with Crippen LogP contribution in [0.1, 0.15) is 39.0 Å². The Kier molecular flexibility index (Phi) is 3.23. The highest BCUT2D eigenvalue weighted by atomic mass is 16.5. The molecule has 13 heavy (non-hydrogen) atoms. The van der Waals surface area contributed by atoms with Gasteiger partial charge in [0.2, 0.25) is 0 Å². The molecule has 2 fully saturated rings. The summed E-state index contributed by atoms with van der Waals surface area (Å²) in [6.07, 6.45) is 7.67. The minimum absolute atomic E-state index is 0.499. The SMILES string of the molecule is CCCC[C@@H]1CNC[C@H](C2CC2)O1. The average molecular weight is 183 g/mol. The zero-order chi connectivity index (χ0) is 9.10. The van der Waals surface area contributed by atoms with Crippen LogP contribution < -0.4 is 5.32 Å². The number of hydrogen-bond acceptors (Lipinski definition) is 2. The van der Waals surface area contributed by atoms with Crippen molar-refractivity contribution in [2.45, 2.75) is 51.2 Å². The number of hydrogen-bond donors (Lipinski definition) is 1. The molecule has 1 aliphatic heterocycles. The van der Waals surface area contributed by atoms with E-state index in [2.05, 4.69) is 12.2 Å². The Hall–Kier alpha value is -0.0800. The van der Waals surface area contributed by atoms with E-state index in [9.17, 15) is 0 Å². The van der Waals surface area contributed by atoms with Crippen LogP contribution in [0, 0.1) is 5.92 Å². The van der Waals surface area contributed by atoms with Gasteiger partial charge in [-0.1, -0.05) is 19.8 Å². The molecular weight excluding hydrogens is 162 g/mol. The number of rotatable bonds is 4. The zero-order valence-electron chi connectivity index (χ0n) is 8.59. The Morgan fingerprint density at radius 1 is 1.31 bits per heavy atom. The van der Waals surface area contributed by atoms with E-state index in [1.807, 2.05) is 0 Å². The molecule has 76 valence electrons. The molecule has 1 saturated heterocycles. The van der Waals surface area contributed by atoms with Crippen molar-refractivity contribution in [2.75, 3.05) is 13.1 Å². The van der Waals surface area contributed by atoms with Crippen LogP contribution in [0.25, 0.3) is 0 Å². The lowest BCUT2D eigenvalue weighted by molar-refractivity contribution is -0.0514. The maximum absolute atomic E-state index is 6.05. The molecule has 1 aliphatic carbocycles. The summed E-state index contributed by atoms with van der Waals surface area (Å²) in [6.45, 7) is 4.41. The van der Waals surface area contributed by atoms with Crippen LogP contribution in [0.5, 0.6) is 0 Å². The third-order valence-electron chi connectivity index (χ3n) is 3.11. The molecule has 0 unspecified atom stereocenters. The van der Waals surface area contributed by atoms with E-state index in [-0.39, 0.29) is 0 Å². The normalized spacial score (nSPS) is 34.8. The van der Waals surface area contributed by atoms with Gasteiger partial charge in [0.25, 0.3) is 0 Å². The second-order valence-corrected chi connectivity index (χ2v) is 4.43. The Balaban J connectivity index is 1.71. The molecular formula is C11H21NO. The molecule has 0 bridgehead atoms. The highest BCUT2D eigenvalue weighted by Crippen LogP contribution is 2.35. The van der Waals surface area contributed by atoms with Crippen molar-refractivity contribution in [3.63, 3.8) is 0 Å². The van der Waals surface area contributed by atoms with E-state index in [4.69, 9.17) is 4.74 Å². The first-order valence-corrected chi connectivity index (χ1v) is 5.76. The molecule has 1 saturated carbocycles. The number of morpholine rings is 1. The van der Waals surface area contributed by atoms with E-state index in [0.717, 1.165) is 19.0 Å². The minimum Gasteiger partial charge on any atom is -0.372 e. The fourth-order valence-electron chi connectivity index (χ4n) is 2.08. The average Bonchev–Trinajstić information content (AvgIpc) is 2.98. The van der Waals surface area contributed by atoms with Crippen LogP contribution in [0.15, 0.2) is 0 Å². The second-order valence-electron chi connectivity index (χ2n) is 4.43.